The predicted molar refractivity (Wildman–Crippen MR) is 51.1 cm³/mol. The molecule has 0 aromatic heterocycles. The zero-order valence-electron chi connectivity index (χ0n) is 8.61. The van der Waals surface area contributed by atoms with Gasteiger partial charge >= 0.3 is 19.7 Å². The third kappa shape index (κ3) is 3.97. The molecule has 0 aliphatic rings. The number of thioether (sulfide) groups is 1. The summed E-state index contributed by atoms with van der Waals surface area (Å²) in [6.45, 7) is 0. The molecule has 0 saturated heterocycles. The second kappa shape index (κ2) is 5.90. The smallest absolute Gasteiger partial charge is 0.431 e. The van der Waals surface area contributed by atoms with Gasteiger partial charge in [-0.2, -0.15) is 13.2 Å². The molecule has 0 amide bonds. The Balaban J connectivity index is 4.78. The first-order valence-corrected chi connectivity index (χ1v) is 6.63. The highest BCUT2D eigenvalue weighted by atomic mass is 32.2. The average Bonchev–Trinajstić information content (AvgIpc) is 2.23. The summed E-state index contributed by atoms with van der Waals surface area (Å²) in [5, 5.41) is -1.66. The molecule has 1 unspecified atom stereocenters. The molecule has 16 heavy (non-hydrogen) atoms. The van der Waals surface area contributed by atoms with Crippen molar-refractivity contribution in [3.63, 3.8) is 0 Å². The number of hydrogen-bond donors (Lipinski definition) is 0. The van der Waals surface area contributed by atoms with Crippen molar-refractivity contribution in [3.8, 4) is 0 Å². The van der Waals surface area contributed by atoms with Gasteiger partial charge in [0.15, 0.2) is 0 Å². The van der Waals surface area contributed by atoms with E-state index in [2.05, 4.69) is 13.8 Å². The molecule has 0 bridgehead atoms. The maximum atomic E-state index is 11.9. The molecule has 0 aromatic rings. The van der Waals surface area contributed by atoms with Gasteiger partial charge in [0.25, 0.3) is 0 Å². The summed E-state index contributed by atoms with van der Waals surface area (Å²) >= 11 is 0.614. The van der Waals surface area contributed by atoms with Crippen LogP contribution in [-0.2, 0) is 23.1 Å². The molecule has 0 N–H and O–H groups in total. The van der Waals surface area contributed by atoms with Crippen molar-refractivity contribution in [2.45, 2.75) is 11.4 Å². The molecule has 0 fully saturated rings. The Hall–Kier alpha value is -0.240. The van der Waals surface area contributed by atoms with Crippen LogP contribution in [0.5, 0.6) is 0 Å². The molecule has 0 aliphatic heterocycles. The number of alkyl halides is 3. The Bertz CT molecular complexity index is 286. The standard InChI is InChI=1S/C6H10F3O5PS/c1-12-15(11,13-2)5(16-3)14-4(10)6(7,8)9/h5H,1-3H3. The molecular formula is C6H10F3O5PS. The van der Waals surface area contributed by atoms with Crippen molar-refractivity contribution in [3.05, 3.63) is 0 Å². The lowest BCUT2D eigenvalue weighted by atomic mass is 10.7. The second-order valence-electron chi connectivity index (χ2n) is 2.35. The Morgan fingerprint density at radius 1 is 1.31 bits per heavy atom. The van der Waals surface area contributed by atoms with E-state index in [0.29, 0.717) is 11.8 Å². The molecule has 0 saturated carbocycles. The van der Waals surface area contributed by atoms with E-state index in [4.69, 9.17) is 0 Å². The highest BCUT2D eigenvalue weighted by Gasteiger charge is 2.46. The van der Waals surface area contributed by atoms with E-state index in [1.165, 1.54) is 6.26 Å². The summed E-state index contributed by atoms with van der Waals surface area (Å²) in [4.78, 5) is 10.5. The second-order valence-corrected chi connectivity index (χ2v) is 5.88. The van der Waals surface area contributed by atoms with Crippen LogP contribution in [0, 0.1) is 0 Å². The van der Waals surface area contributed by atoms with Gasteiger partial charge in [0.05, 0.1) is 0 Å². The van der Waals surface area contributed by atoms with E-state index >= 15 is 0 Å². The van der Waals surface area contributed by atoms with Gasteiger partial charge in [0.1, 0.15) is 0 Å². The first kappa shape index (κ1) is 15.8. The molecule has 1 atom stereocenters. The monoisotopic (exact) mass is 282 g/mol. The van der Waals surface area contributed by atoms with Gasteiger partial charge in [-0.05, 0) is 6.26 Å². The topological polar surface area (TPSA) is 61.8 Å². The molecule has 0 rings (SSSR count). The lowest BCUT2D eigenvalue weighted by molar-refractivity contribution is -0.199. The molecule has 96 valence electrons. The van der Waals surface area contributed by atoms with E-state index in [-0.39, 0.29) is 0 Å². The lowest BCUT2D eigenvalue weighted by Gasteiger charge is -2.22. The quantitative estimate of drug-likeness (QED) is 0.438. The van der Waals surface area contributed by atoms with Crippen LogP contribution in [0.4, 0.5) is 13.2 Å². The maximum Gasteiger partial charge on any atom is 0.490 e. The normalized spacial score (nSPS) is 14.6. The summed E-state index contributed by atoms with van der Waals surface area (Å²) in [6, 6.07) is 0. The molecule has 0 spiro atoms. The third-order valence-electron chi connectivity index (χ3n) is 1.41. The van der Waals surface area contributed by atoms with Crippen LogP contribution in [0.25, 0.3) is 0 Å². The first-order chi connectivity index (χ1) is 7.21. The van der Waals surface area contributed by atoms with Crippen molar-refractivity contribution in [1.82, 2.24) is 0 Å². The lowest BCUT2D eigenvalue weighted by Crippen LogP contribution is -2.29. The Morgan fingerprint density at radius 2 is 1.75 bits per heavy atom. The molecule has 0 radical (unpaired) electrons. The predicted octanol–water partition coefficient (Wildman–Crippen LogP) is 2.22. The van der Waals surface area contributed by atoms with Crippen LogP contribution in [-0.4, -0.2) is 37.8 Å². The largest absolute Gasteiger partial charge is 0.490 e. The maximum absolute atomic E-state index is 11.9. The van der Waals surface area contributed by atoms with E-state index in [1.807, 2.05) is 0 Å². The number of hydrogen-bond acceptors (Lipinski definition) is 6. The van der Waals surface area contributed by atoms with Gasteiger partial charge in [-0.1, -0.05) is 0 Å². The van der Waals surface area contributed by atoms with Gasteiger partial charge in [-0.3, -0.25) is 4.57 Å². The van der Waals surface area contributed by atoms with Crippen LogP contribution >= 0.6 is 19.4 Å². The van der Waals surface area contributed by atoms with Gasteiger partial charge in [0.2, 0.25) is 5.18 Å². The van der Waals surface area contributed by atoms with Crippen LogP contribution < -0.4 is 0 Å². The SMILES string of the molecule is COP(=O)(OC)C(OC(=O)C(F)(F)F)SC. The van der Waals surface area contributed by atoms with Crippen LogP contribution in [0.3, 0.4) is 0 Å². The number of esters is 1. The molecule has 0 heterocycles. The van der Waals surface area contributed by atoms with Gasteiger partial charge in [-0.15, -0.1) is 11.8 Å². The van der Waals surface area contributed by atoms with Crippen molar-refractivity contribution < 1.29 is 36.3 Å². The summed E-state index contributed by atoms with van der Waals surface area (Å²) in [5.74, 6) is -2.44. The Morgan fingerprint density at radius 3 is 2.00 bits per heavy atom. The number of carbonyl (C=O) groups excluding carboxylic acids is 1. The van der Waals surface area contributed by atoms with Crippen molar-refractivity contribution in [1.29, 1.82) is 0 Å². The van der Waals surface area contributed by atoms with Gasteiger partial charge in [-0.25, -0.2) is 4.79 Å². The fraction of sp³-hybridized carbons (Fsp3) is 0.833. The first-order valence-electron chi connectivity index (χ1n) is 3.73. The number of ether oxygens (including phenoxy) is 1. The number of rotatable bonds is 5. The van der Waals surface area contributed by atoms with E-state index in [9.17, 15) is 22.5 Å². The average molecular weight is 282 g/mol. The zero-order chi connectivity index (χ0) is 13.0. The summed E-state index contributed by atoms with van der Waals surface area (Å²) in [7, 11) is -1.93. The highest BCUT2D eigenvalue weighted by Crippen LogP contribution is 2.56. The number of halogens is 3. The number of carbonyl (C=O) groups is 1. The Labute approximate surface area is 94.1 Å². The molecule has 10 heteroatoms. The van der Waals surface area contributed by atoms with Crippen LogP contribution in [0.2, 0.25) is 0 Å². The minimum absolute atomic E-state index is 0.614. The van der Waals surface area contributed by atoms with Crippen molar-refractivity contribution in [2.24, 2.45) is 0 Å². The van der Waals surface area contributed by atoms with E-state index in [1.54, 1.807) is 0 Å². The fourth-order valence-electron chi connectivity index (χ4n) is 0.647. The molecule has 0 aromatic carbocycles. The fourth-order valence-corrected chi connectivity index (χ4v) is 3.10. The van der Waals surface area contributed by atoms with Crippen molar-refractivity contribution >= 4 is 25.3 Å². The summed E-state index contributed by atoms with van der Waals surface area (Å²) in [5.41, 5.74) is 0. The van der Waals surface area contributed by atoms with Crippen LogP contribution in [0.1, 0.15) is 0 Å². The molecule has 5 nitrogen and oxygen atoms in total. The van der Waals surface area contributed by atoms with E-state index in [0.717, 1.165) is 14.2 Å². The highest BCUT2D eigenvalue weighted by molar-refractivity contribution is 8.04. The van der Waals surface area contributed by atoms with Gasteiger partial charge in [0, 0.05) is 14.2 Å². The minimum Gasteiger partial charge on any atom is -0.431 e. The zero-order valence-corrected chi connectivity index (χ0v) is 10.3. The van der Waals surface area contributed by atoms with Crippen molar-refractivity contribution in [2.75, 3.05) is 20.5 Å². The Kier molecular flexibility index (Phi) is 5.81. The molecule has 0 aliphatic carbocycles. The van der Waals surface area contributed by atoms with E-state index < -0.39 is 24.9 Å². The summed E-state index contributed by atoms with van der Waals surface area (Å²) < 4.78 is 60.1. The summed E-state index contributed by atoms with van der Waals surface area (Å²) in [6.07, 6.45) is -3.85. The minimum atomic E-state index is -5.15. The third-order valence-corrected chi connectivity index (χ3v) is 4.95. The molecular weight excluding hydrogens is 272 g/mol. The van der Waals surface area contributed by atoms with Crippen LogP contribution in [0.15, 0.2) is 0 Å². The van der Waals surface area contributed by atoms with Gasteiger partial charge < -0.3 is 13.8 Å².